The lowest BCUT2D eigenvalue weighted by Gasteiger charge is -2.22. The number of hydrogen-bond donors (Lipinski definition) is 2. The van der Waals surface area contributed by atoms with Crippen molar-refractivity contribution in [3.8, 4) is 16.9 Å². The maximum absolute atomic E-state index is 13.4. The number of aliphatic carboxylic acids is 1. The summed E-state index contributed by atoms with van der Waals surface area (Å²) in [4.78, 5) is 32.1. The monoisotopic (exact) mass is 712 g/mol. The number of nitrogens with zero attached hydrogens (tertiary/aromatic N) is 3. The van der Waals surface area contributed by atoms with Crippen LogP contribution in [0, 0.1) is 5.92 Å². The van der Waals surface area contributed by atoms with E-state index in [2.05, 4.69) is 29.0 Å². The number of ether oxygens (including phenoxy) is 2. The van der Waals surface area contributed by atoms with Crippen LogP contribution in [0.15, 0.2) is 89.7 Å². The van der Waals surface area contributed by atoms with Gasteiger partial charge in [0.25, 0.3) is 5.91 Å². The van der Waals surface area contributed by atoms with Crippen molar-refractivity contribution in [2.75, 3.05) is 43.1 Å². The highest BCUT2D eigenvalue weighted by atomic mass is 32.2. The van der Waals surface area contributed by atoms with Gasteiger partial charge in [0.15, 0.2) is 0 Å². The van der Waals surface area contributed by atoms with Crippen molar-refractivity contribution in [1.29, 1.82) is 0 Å². The van der Waals surface area contributed by atoms with Crippen LogP contribution in [-0.4, -0.2) is 63.7 Å². The average molecular weight is 713 g/mol. The van der Waals surface area contributed by atoms with Gasteiger partial charge in [0.05, 0.1) is 41.1 Å². The molecule has 4 aromatic rings. The number of unbranched alkanes of at least 4 members (excludes halogenated alkanes) is 1. The van der Waals surface area contributed by atoms with E-state index in [1.54, 1.807) is 43.7 Å². The molecule has 1 amide bonds. The van der Waals surface area contributed by atoms with Crippen LogP contribution < -0.4 is 15.0 Å². The van der Waals surface area contributed by atoms with Gasteiger partial charge in [-0.2, -0.15) is 0 Å². The number of benzene rings is 3. The molecule has 0 aliphatic carbocycles. The topological polar surface area (TPSA) is 123 Å². The van der Waals surface area contributed by atoms with E-state index >= 15 is 0 Å². The summed E-state index contributed by atoms with van der Waals surface area (Å²) in [5.41, 5.74) is 5.66. The molecule has 1 saturated heterocycles. The molecule has 10 nitrogen and oxygen atoms in total. The lowest BCUT2D eigenvalue weighted by Crippen LogP contribution is -2.23. The van der Waals surface area contributed by atoms with Gasteiger partial charge in [0.1, 0.15) is 12.4 Å². The van der Waals surface area contributed by atoms with Crippen LogP contribution in [0.2, 0.25) is 0 Å². The molecular formula is C40H48N4O6S. The Morgan fingerprint density at radius 1 is 1.00 bits per heavy atom. The molecule has 1 aromatic heterocycles. The van der Waals surface area contributed by atoms with E-state index in [1.807, 2.05) is 53.1 Å². The Hall–Kier alpha value is -4.74. The number of carboxylic acids is 1. The zero-order valence-corrected chi connectivity index (χ0v) is 30.5. The molecule has 270 valence electrons. The maximum atomic E-state index is 13.4. The number of aromatic nitrogens is 2. The molecule has 0 radical (unpaired) electrons. The number of imidazole rings is 1. The minimum atomic E-state index is -1.25. The Morgan fingerprint density at radius 2 is 1.76 bits per heavy atom. The largest absolute Gasteiger partial charge is 0.491 e. The van der Waals surface area contributed by atoms with Crippen LogP contribution in [0.1, 0.15) is 57.7 Å². The standard InChI is InChI=1S/C40H48N4O6S/c1-4-6-20-49-21-22-50-36-12-7-30(8-13-36)31-9-16-38(43-19-17-32(26-43)40(46)47)33(24-31)23-29(3)39(45)42-34-10-14-37(15-11-34)51(48)27-35-25-41-28-44(35)18-5-2/h7-16,23-25,28,32H,4-6,17-22,26-27H2,1-3H3,(H,42,45)(H,46,47)/t32?,51-/m0/s1. The fourth-order valence-corrected chi connectivity index (χ4v) is 7.09. The maximum Gasteiger partial charge on any atom is 0.308 e. The van der Waals surface area contributed by atoms with Crippen LogP contribution in [-0.2, 0) is 37.4 Å². The highest BCUT2D eigenvalue weighted by Crippen LogP contribution is 2.33. The van der Waals surface area contributed by atoms with Crippen molar-refractivity contribution < 1.29 is 28.4 Å². The van der Waals surface area contributed by atoms with Crippen LogP contribution in [0.25, 0.3) is 17.2 Å². The van der Waals surface area contributed by atoms with E-state index in [4.69, 9.17) is 9.47 Å². The Labute approximate surface area is 303 Å². The second-order valence-electron chi connectivity index (χ2n) is 12.8. The van der Waals surface area contributed by atoms with Gasteiger partial charge in [-0.15, -0.1) is 0 Å². The van der Waals surface area contributed by atoms with Gasteiger partial charge in [0, 0.05) is 54.3 Å². The quantitative estimate of drug-likeness (QED) is 0.0808. The molecule has 1 fully saturated rings. The van der Waals surface area contributed by atoms with Crippen molar-refractivity contribution in [2.45, 2.75) is 63.6 Å². The fourth-order valence-electron chi connectivity index (χ4n) is 5.98. The Balaban J connectivity index is 1.29. The first kappa shape index (κ1) is 37.5. The number of aryl methyl sites for hydroxylation is 1. The number of carboxylic acid groups (broad SMARTS) is 1. The van der Waals surface area contributed by atoms with E-state index in [0.29, 0.717) is 54.6 Å². The molecule has 3 aromatic carbocycles. The first-order valence-corrected chi connectivity index (χ1v) is 19.0. The second kappa shape index (κ2) is 18.5. The average Bonchev–Trinajstić information content (AvgIpc) is 3.81. The lowest BCUT2D eigenvalue weighted by molar-refractivity contribution is -0.140. The summed E-state index contributed by atoms with van der Waals surface area (Å²) >= 11 is 0. The molecule has 1 unspecified atom stereocenters. The normalized spacial score (nSPS) is 15.2. The summed E-state index contributed by atoms with van der Waals surface area (Å²) in [6.07, 6.45) is 9.04. The van der Waals surface area contributed by atoms with Crippen LogP contribution >= 0.6 is 0 Å². The summed E-state index contributed by atoms with van der Waals surface area (Å²) < 4.78 is 26.5. The predicted molar refractivity (Wildman–Crippen MR) is 202 cm³/mol. The molecule has 0 bridgehead atoms. The number of carbonyl (C=O) groups is 2. The first-order chi connectivity index (χ1) is 24.7. The lowest BCUT2D eigenvalue weighted by atomic mass is 9.99. The van der Waals surface area contributed by atoms with E-state index in [1.165, 1.54) is 0 Å². The SMILES string of the molecule is CCCCOCCOc1ccc(-c2ccc(N3CCC(C(=O)O)C3)c(C=C(C)C(=O)Nc3ccc([S@@](=O)Cc4cncn4CCC)cc3)c2)cc1. The third kappa shape index (κ3) is 10.4. The molecule has 2 N–H and O–H groups in total. The Morgan fingerprint density at radius 3 is 2.47 bits per heavy atom. The second-order valence-corrected chi connectivity index (χ2v) is 14.2. The highest BCUT2D eigenvalue weighted by Gasteiger charge is 2.29. The van der Waals surface area contributed by atoms with Gasteiger partial charge in [0.2, 0.25) is 0 Å². The van der Waals surface area contributed by atoms with Gasteiger partial charge in [-0.05, 0) is 97.5 Å². The number of anilines is 2. The predicted octanol–water partition coefficient (Wildman–Crippen LogP) is 7.42. The summed E-state index contributed by atoms with van der Waals surface area (Å²) in [7, 11) is -1.25. The third-order valence-electron chi connectivity index (χ3n) is 8.88. The number of rotatable bonds is 18. The minimum Gasteiger partial charge on any atom is -0.491 e. The highest BCUT2D eigenvalue weighted by molar-refractivity contribution is 7.84. The molecule has 51 heavy (non-hydrogen) atoms. The zero-order chi connectivity index (χ0) is 36.2. The van der Waals surface area contributed by atoms with Gasteiger partial charge in [-0.1, -0.05) is 38.5 Å². The summed E-state index contributed by atoms with van der Waals surface area (Å²) in [6.45, 7) is 9.61. The van der Waals surface area contributed by atoms with Gasteiger partial charge >= 0.3 is 5.97 Å². The van der Waals surface area contributed by atoms with Crippen molar-refractivity contribution in [3.63, 3.8) is 0 Å². The molecule has 11 heteroatoms. The zero-order valence-electron chi connectivity index (χ0n) is 29.7. The Kier molecular flexibility index (Phi) is 13.6. The molecule has 5 rings (SSSR count). The van der Waals surface area contributed by atoms with Crippen molar-refractivity contribution in [2.24, 2.45) is 5.92 Å². The van der Waals surface area contributed by atoms with E-state index in [9.17, 15) is 18.9 Å². The summed E-state index contributed by atoms with van der Waals surface area (Å²) in [5.74, 6) is -0.377. The number of hydrogen-bond acceptors (Lipinski definition) is 7. The van der Waals surface area contributed by atoms with Crippen LogP contribution in [0.4, 0.5) is 11.4 Å². The summed E-state index contributed by atoms with van der Waals surface area (Å²) in [6, 6.07) is 21.0. The van der Waals surface area contributed by atoms with E-state index < -0.39 is 22.7 Å². The smallest absolute Gasteiger partial charge is 0.308 e. The minimum absolute atomic E-state index is 0.270. The Bertz CT molecular complexity index is 1820. The van der Waals surface area contributed by atoms with Crippen LogP contribution in [0.3, 0.4) is 0 Å². The van der Waals surface area contributed by atoms with Crippen molar-refractivity contribution >= 4 is 40.1 Å². The molecule has 1 aliphatic rings. The van der Waals surface area contributed by atoms with Gasteiger partial charge in [-0.3, -0.25) is 13.8 Å². The number of amides is 1. The van der Waals surface area contributed by atoms with Crippen LogP contribution in [0.5, 0.6) is 5.75 Å². The molecule has 2 atom stereocenters. The van der Waals surface area contributed by atoms with Gasteiger partial charge < -0.3 is 29.4 Å². The molecule has 0 saturated carbocycles. The fraction of sp³-hybridized carbons (Fsp3) is 0.375. The molecule has 2 heterocycles. The molecule has 1 aliphatic heterocycles. The van der Waals surface area contributed by atoms with E-state index in [-0.39, 0.29) is 5.91 Å². The van der Waals surface area contributed by atoms with Gasteiger partial charge in [-0.25, -0.2) is 4.98 Å². The molecular weight excluding hydrogens is 665 g/mol. The first-order valence-electron chi connectivity index (χ1n) is 17.7. The van der Waals surface area contributed by atoms with Crippen molar-refractivity contribution in [3.05, 3.63) is 96.1 Å². The number of carbonyl (C=O) groups excluding carboxylic acids is 1. The third-order valence-corrected chi connectivity index (χ3v) is 10.2. The van der Waals surface area contributed by atoms with E-state index in [0.717, 1.165) is 66.2 Å². The number of nitrogens with one attached hydrogen (secondary N) is 1. The molecule has 0 spiro atoms. The van der Waals surface area contributed by atoms with Crippen molar-refractivity contribution in [1.82, 2.24) is 9.55 Å². The summed E-state index contributed by atoms with van der Waals surface area (Å²) in [5, 5.41) is 12.6.